The predicted molar refractivity (Wildman–Crippen MR) is 92.1 cm³/mol. The van der Waals surface area contributed by atoms with Crippen molar-refractivity contribution in [2.75, 3.05) is 0 Å². The van der Waals surface area contributed by atoms with Crippen molar-refractivity contribution in [3.8, 4) is 16.9 Å². The SMILES string of the molecule is CC(C)(c1ccccc1)c1ccccc1-c1ccc(O)cc1. The molecule has 0 heterocycles. The van der Waals surface area contributed by atoms with Crippen LogP contribution in [0, 0.1) is 0 Å². The van der Waals surface area contributed by atoms with Crippen molar-refractivity contribution < 1.29 is 5.11 Å². The van der Waals surface area contributed by atoms with Crippen molar-refractivity contribution in [1.82, 2.24) is 0 Å². The molecule has 0 saturated carbocycles. The second-order valence-electron chi connectivity index (χ2n) is 6.08. The maximum atomic E-state index is 9.51. The van der Waals surface area contributed by atoms with E-state index in [9.17, 15) is 5.11 Å². The van der Waals surface area contributed by atoms with Gasteiger partial charge in [-0.15, -0.1) is 0 Å². The lowest BCUT2D eigenvalue weighted by molar-refractivity contribution is 0.475. The average Bonchev–Trinajstić information content (AvgIpc) is 2.56. The molecule has 3 aromatic rings. The Labute approximate surface area is 131 Å². The quantitative estimate of drug-likeness (QED) is 0.685. The van der Waals surface area contributed by atoms with Crippen molar-refractivity contribution >= 4 is 0 Å². The Morgan fingerprint density at radius 2 is 1.27 bits per heavy atom. The van der Waals surface area contributed by atoms with Gasteiger partial charge in [0.1, 0.15) is 5.75 Å². The number of aromatic hydroxyl groups is 1. The van der Waals surface area contributed by atoms with Crippen LogP contribution < -0.4 is 0 Å². The lowest BCUT2D eigenvalue weighted by atomic mass is 9.75. The summed E-state index contributed by atoms with van der Waals surface area (Å²) in [6.07, 6.45) is 0. The van der Waals surface area contributed by atoms with E-state index in [0.29, 0.717) is 5.75 Å². The van der Waals surface area contributed by atoms with Crippen molar-refractivity contribution in [3.63, 3.8) is 0 Å². The van der Waals surface area contributed by atoms with Gasteiger partial charge in [0, 0.05) is 5.41 Å². The maximum absolute atomic E-state index is 9.51. The molecule has 3 aromatic carbocycles. The molecule has 1 N–H and O–H groups in total. The van der Waals surface area contributed by atoms with E-state index in [1.54, 1.807) is 12.1 Å². The molecule has 0 bridgehead atoms. The molecule has 0 aliphatic carbocycles. The van der Waals surface area contributed by atoms with Gasteiger partial charge in [-0.3, -0.25) is 0 Å². The first-order valence-corrected chi connectivity index (χ1v) is 7.53. The summed E-state index contributed by atoms with van der Waals surface area (Å²) in [5.74, 6) is 0.295. The molecular formula is C21H20O. The number of hydrogen-bond acceptors (Lipinski definition) is 1. The molecule has 22 heavy (non-hydrogen) atoms. The lowest BCUT2D eigenvalue weighted by Crippen LogP contribution is -2.19. The smallest absolute Gasteiger partial charge is 0.115 e. The van der Waals surface area contributed by atoms with Gasteiger partial charge in [0.15, 0.2) is 0 Å². The molecule has 1 heteroatoms. The van der Waals surface area contributed by atoms with Crippen LogP contribution >= 0.6 is 0 Å². The predicted octanol–water partition coefficient (Wildman–Crippen LogP) is 5.39. The number of hydrogen-bond donors (Lipinski definition) is 1. The number of rotatable bonds is 3. The standard InChI is InChI=1S/C21H20O/c1-21(2,17-8-4-3-5-9-17)20-11-7-6-10-19(20)16-12-14-18(22)15-13-16/h3-15,22H,1-2H3. The van der Waals surface area contributed by atoms with Crippen LogP contribution in [0.5, 0.6) is 5.75 Å². The molecule has 0 unspecified atom stereocenters. The number of phenols is 1. The Hall–Kier alpha value is -2.54. The van der Waals surface area contributed by atoms with Gasteiger partial charge < -0.3 is 5.11 Å². The number of phenolic OH excluding ortho intramolecular Hbond substituents is 1. The summed E-state index contributed by atoms with van der Waals surface area (Å²) in [5.41, 5.74) is 4.82. The van der Waals surface area contributed by atoms with Gasteiger partial charge in [0.05, 0.1) is 0 Å². The Bertz CT molecular complexity index is 755. The van der Waals surface area contributed by atoms with Crippen molar-refractivity contribution in [3.05, 3.63) is 90.0 Å². The third-order valence-corrected chi connectivity index (χ3v) is 4.27. The summed E-state index contributed by atoms with van der Waals surface area (Å²) in [6.45, 7) is 4.50. The average molecular weight is 288 g/mol. The molecule has 0 fully saturated rings. The van der Waals surface area contributed by atoms with Gasteiger partial charge >= 0.3 is 0 Å². The van der Waals surface area contributed by atoms with E-state index in [1.807, 2.05) is 18.2 Å². The second kappa shape index (κ2) is 5.69. The molecule has 3 rings (SSSR count). The highest BCUT2D eigenvalue weighted by atomic mass is 16.3. The molecule has 0 aliphatic heterocycles. The summed E-state index contributed by atoms with van der Waals surface area (Å²) in [7, 11) is 0. The largest absolute Gasteiger partial charge is 0.508 e. The normalized spacial score (nSPS) is 11.4. The fourth-order valence-electron chi connectivity index (χ4n) is 2.93. The fraction of sp³-hybridized carbons (Fsp3) is 0.143. The van der Waals surface area contributed by atoms with Crippen LogP contribution in [0.4, 0.5) is 0 Å². The van der Waals surface area contributed by atoms with Gasteiger partial charge in [0.2, 0.25) is 0 Å². The van der Waals surface area contributed by atoms with Gasteiger partial charge in [0.25, 0.3) is 0 Å². The zero-order valence-electron chi connectivity index (χ0n) is 13.0. The summed E-state index contributed by atoms with van der Waals surface area (Å²) in [5, 5.41) is 9.51. The van der Waals surface area contributed by atoms with Gasteiger partial charge in [-0.2, -0.15) is 0 Å². The zero-order valence-corrected chi connectivity index (χ0v) is 13.0. The third kappa shape index (κ3) is 2.62. The molecule has 0 spiro atoms. The minimum atomic E-state index is -0.0876. The molecular weight excluding hydrogens is 268 g/mol. The molecule has 0 saturated heterocycles. The fourth-order valence-corrected chi connectivity index (χ4v) is 2.93. The van der Waals surface area contributed by atoms with Crippen LogP contribution in [0.1, 0.15) is 25.0 Å². The van der Waals surface area contributed by atoms with Crippen LogP contribution in [0.2, 0.25) is 0 Å². The lowest BCUT2D eigenvalue weighted by Gasteiger charge is -2.28. The van der Waals surface area contributed by atoms with Crippen LogP contribution in [-0.4, -0.2) is 5.11 Å². The van der Waals surface area contributed by atoms with E-state index in [0.717, 1.165) is 5.56 Å². The molecule has 110 valence electrons. The Kier molecular flexibility index (Phi) is 3.72. The molecule has 0 aromatic heterocycles. The summed E-state index contributed by atoms with van der Waals surface area (Å²) >= 11 is 0. The van der Waals surface area contributed by atoms with Crippen LogP contribution in [-0.2, 0) is 5.41 Å². The highest BCUT2D eigenvalue weighted by molar-refractivity contribution is 5.70. The molecule has 0 atom stereocenters. The van der Waals surface area contributed by atoms with E-state index >= 15 is 0 Å². The van der Waals surface area contributed by atoms with E-state index in [2.05, 4.69) is 62.4 Å². The summed E-state index contributed by atoms with van der Waals surface area (Å²) in [6, 6.07) is 26.5. The van der Waals surface area contributed by atoms with E-state index < -0.39 is 0 Å². The molecule has 1 nitrogen and oxygen atoms in total. The molecule has 0 amide bonds. The minimum Gasteiger partial charge on any atom is -0.508 e. The Morgan fingerprint density at radius 3 is 1.95 bits per heavy atom. The van der Waals surface area contributed by atoms with Crippen molar-refractivity contribution in [1.29, 1.82) is 0 Å². The van der Waals surface area contributed by atoms with E-state index in [-0.39, 0.29) is 5.41 Å². The third-order valence-electron chi connectivity index (χ3n) is 4.27. The van der Waals surface area contributed by atoms with E-state index in [1.165, 1.54) is 16.7 Å². The van der Waals surface area contributed by atoms with Gasteiger partial charge in [-0.25, -0.2) is 0 Å². The molecule has 0 radical (unpaired) electrons. The zero-order chi connectivity index (χ0) is 15.6. The second-order valence-corrected chi connectivity index (χ2v) is 6.08. The first-order chi connectivity index (χ1) is 10.6. The monoisotopic (exact) mass is 288 g/mol. The highest BCUT2D eigenvalue weighted by Crippen LogP contribution is 2.38. The summed E-state index contributed by atoms with van der Waals surface area (Å²) < 4.78 is 0. The topological polar surface area (TPSA) is 20.2 Å². The van der Waals surface area contributed by atoms with E-state index in [4.69, 9.17) is 0 Å². The first-order valence-electron chi connectivity index (χ1n) is 7.53. The first kappa shape index (κ1) is 14.4. The Balaban J connectivity index is 2.14. The van der Waals surface area contributed by atoms with Crippen molar-refractivity contribution in [2.45, 2.75) is 19.3 Å². The van der Waals surface area contributed by atoms with Gasteiger partial charge in [-0.05, 0) is 34.4 Å². The maximum Gasteiger partial charge on any atom is 0.115 e. The Morgan fingerprint density at radius 1 is 0.682 bits per heavy atom. The van der Waals surface area contributed by atoms with Crippen LogP contribution in [0.3, 0.4) is 0 Å². The van der Waals surface area contributed by atoms with Crippen LogP contribution in [0.25, 0.3) is 11.1 Å². The van der Waals surface area contributed by atoms with Crippen LogP contribution in [0.15, 0.2) is 78.9 Å². The van der Waals surface area contributed by atoms with Crippen molar-refractivity contribution in [2.24, 2.45) is 0 Å². The summed E-state index contributed by atoms with van der Waals surface area (Å²) in [4.78, 5) is 0. The highest BCUT2D eigenvalue weighted by Gasteiger charge is 2.25. The van der Waals surface area contributed by atoms with Gasteiger partial charge in [-0.1, -0.05) is 80.6 Å². The number of benzene rings is 3. The molecule has 0 aliphatic rings. The minimum absolute atomic E-state index is 0.0876.